The van der Waals surface area contributed by atoms with Gasteiger partial charge in [0.1, 0.15) is 6.10 Å². The van der Waals surface area contributed by atoms with Gasteiger partial charge < -0.3 is 9.15 Å². The molecule has 21 heavy (non-hydrogen) atoms. The summed E-state index contributed by atoms with van der Waals surface area (Å²) in [4.78, 5) is 2.56. The molecule has 0 radical (unpaired) electrons. The number of ether oxygens (including phenoxy) is 1. The summed E-state index contributed by atoms with van der Waals surface area (Å²) in [5.74, 6) is 1.25. The van der Waals surface area contributed by atoms with E-state index in [1.807, 2.05) is 6.92 Å². The SMILES string of the molecule is Cc1nnc([C@@H]2CC[C@@H]3[C@@H](CCN3Cc3ccsc3)O2)o1. The molecular weight excluding hydrogens is 286 g/mol. The van der Waals surface area contributed by atoms with E-state index in [9.17, 15) is 0 Å². The lowest BCUT2D eigenvalue weighted by Gasteiger charge is -2.34. The smallest absolute Gasteiger partial charge is 0.245 e. The third-order valence-electron chi connectivity index (χ3n) is 4.45. The minimum absolute atomic E-state index is 0.0199. The van der Waals surface area contributed by atoms with Crippen LogP contribution in [-0.4, -0.2) is 33.8 Å². The molecule has 0 saturated carbocycles. The highest BCUT2D eigenvalue weighted by Crippen LogP contribution is 2.38. The summed E-state index contributed by atoms with van der Waals surface area (Å²) in [6.07, 6.45) is 3.48. The number of nitrogens with zero attached hydrogens (tertiary/aromatic N) is 3. The largest absolute Gasteiger partial charge is 0.423 e. The first-order valence-corrected chi connectivity index (χ1v) is 8.44. The number of hydrogen-bond acceptors (Lipinski definition) is 6. The molecule has 112 valence electrons. The van der Waals surface area contributed by atoms with Crippen molar-refractivity contribution in [2.75, 3.05) is 6.54 Å². The first-order valence-electron chi connectivity index (χ1n) is 7.50. The Morgan fingerprint density at radius 2 is 2.29 bits per heavy atom. The van der Waals surface area contributed by atoms with E-state index in [1.165, 1.54) is 5.56 Å². The Hall–Kier alpha value is -1.24. The van der Waals surface area contributed by atoms with Gasteiger partial charge in [0.05, 0.1) is 6.10 Å². The van der Waals surface area contributed by atoms with E-state index < -0.39 is 0 Å². The van der Waals surface area contributed by atoms with E-state index in [0.717, 1.165) is 32.4 Å². The van der Waals surface area contributed by atoms with Crippen LogP contribution in [0, 0.1) is 6.92 Å². The van der Waals surface area contributed by atoms with Gasteiger partial charge in [0, 0.05) is 26.1 Å². The second-order valence-corrected chi connectivity index (χ2v) is 6.64. The molecule has 2 fully saturated rings. The fourth-order valence-corrected chi connectivity index (χ4v) is 4.11. The van der Waals surface area contributed by atoms with Crippen molar-refractivity contribution < 1.29 is 9.15 Å². The van der Waals surface area contributed by atoms with E-state index in [0.29, 0.717) is 23.9 Å². The van der Waals surface area contributed by atoms with E-state index in [2.05, 4.69) is 31.9 Å². The molecule has 0 unspecified atom stereocenters. The van der Waals surface area contributed by atoms with Crippen LogP contribution in [0.25, 0.3) is 0 Å². The van der Waals surface area contributed by atoms with Gasteiger partial charge in [-0.3, -0.25) is 4.90 Å². The minimum atomic E-state index is -0.0199. The molecule has 2 aromatic rings. The van der Waals surface area contributed by atoms with Crippen LogP contribution in [-0.2, 0) is 11.3 Å². The number of rotatable bonds is 3. The van der Waals surface area contributed by atoms with Crippen molar-refractivity contribution in [3.8, 4) is 0 Å². The summed E-state index contributed by atoms with van der Waals surface area (Å²) in [6, 6.07) is 2.75. The lowest BCUT2D eigenvalue weighted by Crippen LogP contribution is -2.40. The average molecular weight is 305 g/mol. The molecule has 0 aromatic carbocycles. The molecule has 0 amide bonds. The molecule has 0 aliphatic carbocycles. The van der Waals surface area contributed by atoms with Crippen molar-refractivity contribution in [1.82, 2.24) is 15.1 Å². The highest BCUT2D eigenvalue weighted by molar-refractivity contribution is 7.07. The third-order valence-corrected chi connectivity index (χ3v) is 5.18. The topological polar surface area (TPSA) is 51.4 Å². The zero-order valence-corrected chi connectivity index (χ0v) is 12.9. The summed E-state index contributed by atoms with van der Waals surface area (Å²) >= 11 is 1.77. The molecule has 4 rings (SSSR count). The molecule has 2 aromatic heterocycles. The zero-order chi connectivity index (χ0) is 14.2. The molecule has 2 aliphatic rings. The second-order valence-electron chi connectivity index (χ2n) is 5.86. The van der Waals surface area contributed by atoms with Crippen LogP contribution in [0.4, 0.5) is 0 Å². The molecule has 3 atom stereocenters. The van der Waals surface area contributed by atoms with Gasteiger partial charge in [0.15, 0.2) is 0 Å². The standard InChI is InChI=1S/C15H19N3O2S/c1-10-16-17-15(19-10)14-3-2-12-13(20-14)4-6-18(12)8-11-5-7-21-9-11/h5,7,9,12-14H,2-4,6,8H2,1H3/t12-,13-,14+/m1/s1. The maximum atomic E-state index is 6.22. The fraction of sp³-hybridized carbons (Fsp3) is 0.600. The molecule has 2 saturated heterocycles. The van der Waals surface area contributed by atoms with E-state index in [1.54, 1.807) is 11.3 Å². The van der Waals surface area contributed by atoms with Gasteiger partial charge in [0.25, 0.3) is 0 Å². The lowest BCUT2D eigenvalue weighted by atomic mass is 9.99. The number of fused-ring (bicyclic) bond motifs is 1. The van der Waals surface area contributed by atoms with Crippen LogP contribution in [0.15, 0.2) is 21.2 Å². The zero-order valence-electron chi connectivity index (χ0n) is 12.1. The number of hydrogen-bond donors (Lipinski definition) is 0. The van der Waals surface area contributed by atoms with Crippen molar-refractivity contribution in [3.63, 3.8) is 0 Å². The van der Waals surface area contributed by atoms with Crippen molar-refractivity contribution in [1.29, 1.82) is 0 Å². The number of aromatic nitrogens is 2. The predicted octanol–water partition coefficient (Wildman–Crippen LogP) is 2.93. The predicted molar refractivity (Wildman–Crippen MR) is 79.0 cm³/mol. The van der Waals surface area contributed by atoms with Gasteiger partial charge in [-0.25, -0.2) is 0 Å². The highest BCUT2D eigenvalue weighted by atomic mass is 32.1. The quantitative estimate of drug-likeness (QED) is 0.872. The molecule has 0 spiro atoms. The Kier molecular flexibility index (Phi) is 3.52. The second kappa shape index (κ2) is 5.51. The molecule has 0 N–H and O–H groups in total. The van der Waals surface area contributed by atoms with Gasteiger partial charge in [-0.05, 0) is 41.7 Å². The third kappa shape index (κ3) is 2.63. The average Bonchev–Trinajstić information content (AvgIpc) is 3.21. The Labute approximate surface area is 127 Å². The van der Waals surface area contributed by atoms with Crippen LogP contribution in [0.1, 0.15) is 42.7 Å². The van der Waals surface area contributed by atoms with Crippen LogP contribution in [0.3, 0.4) is 0 Å². The Morgan fingerprint density at radius 3 is 3.05 bits per heavy atom. The van der Waals surface area contributed by atoms with Crippen LogP contribution in [0.5, 0.6) is 0 Å². The molecule has 4 heterocycles. The summed E-state index contributed by atoms with van der Waals surface area (Å²) in [5, 5.41) is 12.4. The van der Waals surface area contributed by atoms with Crippen molar-refractivity contribution in [2.24, 2.45) is 0 Å². The van der Waals surface area contributed by atoms with Gasteiger partial charge >= 0.3 is 0 Å². The first kappa shape index (κ1) is 13.4. The van der Waals surface area contributed by atoms with Crippen LogP contribution >= 0.6 is 11.3 Å². The van der Waals surface area contributed by atoms with E-state index in [4.69, 9.17) is 9.15 Å². The summed E-state index contributed by atoms with van der Waals surface area (Å²) in [6.45, 7) is 3.97. The van der Waals surface area contributed by atoms with Gasteiger partial charge in [0.2, 0.25) is 11.8 Å². The number of likely N-dealkylation sites (tertiary alicyclic amines) is 1. The van der Waals surface area contributed by atoms with Gasteiger partial charge in [-0.1, -0.05) is 0 Å². The van der Waals surface area contributed by atoms with Gasteiger partial charge in [-0.2, -0.15) is 11.3 Å². The molecular formula is C15H19N3O2S. The van der Waals surface area contributed by atoms with Crippen molar-refractivity contribution in [2.45, 2.75) is 51.0 Å². The molecule has 2 aliphatic heterocycles. The van der Waals surface area contributed by atoms with Crippen molar-refractivity contribution in [3.05, 3.63) is 34.2 Å². The van der Waals surface area contributed by atoms with Crippen LogP contribution < -0.4 is 0 Å². The summed E-state index contributed by atoms with van der Waals surface area (Å²) in [5.41, 5.74) is 1.41. The Morgan fingerprint density at radius 1 is 1.33 bits per heavy atom. The monoisotopic (exact) mass is 305 g/mol. The Bertz CT molecular complexity index is 598. The van der Waals surface area contributed by atoms with Crippen LogP contribution in [0.2, 0.25) is 0 Å². The summed E-state index contributed by atoms with van der Waals surface area (Å²) < 4.78 is 11.7. The van der Waals surface area contributed by atoms with Gasteiger partial charge in [-0.15, -0.1) is 10.2 Å². The normalized spacial score (nSPS) is 29.7. The molecule has 6 heteroatoms. The fourth-order valence-electron chi connectivity index (χ4n) is 3.45. The maximum Gasteiger partial charge on any atom is 0.245 e. The Balaban J connectivity index is 1.42. The lowest BCUT2D eigenvalue weighted by molar-refractivity contribution is -0.0818. The summed E-state index contributed by atoms with van der Waals surface area (Å²) in [7, 11) is 0. The highest BCUT2D eigenvalue weighted by Gasteiger charge is 2.41. The molecule has 0 bridgehead atoms. The minimum Gasteiger partial charge on any atom is -0.423 e. The maximum absolute atomic E-state index is 6.22. The van der Waals surface area contributed by atoms with E-state index in [-0.39, 0.29) is 6.10 Å². The van der Waals surface area contributed by atoms with E-state index >= 15 is 0 Å². The molecule has 5 nitrogen and oxygen atoms in total. The number of aryl methyl sites for hydroxylation is 1. The van der Waals surface area contributed by atoms with Crippen molar-refractivity contribution >= 4 is 11.3 Å². The first-order chi connectivity index (χ1) is 10.3. The number of thiophene rings is 1.